The lowest BCUT2D eigenvalue weighted by Crippen LogP contribution is -2.50. The van der Waals surface area contributed by atoms with Crippen LogP contribution in [0.5, 0.6) is 0 Å². The van der Waals surface area contributed by atoms with Gasteiger partial charge in [-0.05, 0) is 12.8 Å². The number of primary amides is 1. The molecule has 1 fully saturated rings. The first-order valence-corrected chi connectivity index (χ1v) is 5.92. The summed E-state index contributed by atoms with van der Waals surface area (Å²) in [6.45, 7) is 0.545. The Kier molecular flexibility index (Phi) is 3.61. The van der Waals surface area contributed by atoms with E-state index in [1.165, 1.54) is 11.2 Å². The number of carbonyl (C=O) groups excluding carboxylic acids is 2. The zero-order valence-electron chi connectivity index (χ0n) is 10.0. The highest BCUT2D eigenvalue weighted by Crippen LogP contribution is 2.18. The standard InChI is InChI=1S/C11H17N5O2/c12-8(4-7-5-14-6-15-7)11(18)16-3-1-2-9(16)10(13)17/h5-6,8-9H,1-4,12H2,(H2,13,17)(H,14,15)/t8-,9-/m1/s1. The van der Waals surface area contributed by atoms with Crippen molar-refractivity contribution in [3.63, 3.8) is 0 Å². The number of aromatic nitrogens is 2. The number of aromatic amines is 1. The molecule has 5 N–H and O–H groups in total. The van der Waals surface area contributed by atoms with Gasteiger partial charge in [-0.15, -0.1) is 0 Å². The predicted molar refractivity (Wildman–Crippen MR) is 64.2 cm³/mol. The first kappa shape index (κ1) is 12.6. The molecule has 1 aromatic heterocycles. The lowest BCUT2D eigenvalue weighted by Gasteiger charge is -2.25. The lowest BCUT2D eigenvalue weighted by molar-refractivity contribution is -0.138. The van der Waals surface area contributed by atoms with Crippen LogP contribution in [0.2, 0.25) is 0 Å². The van der Waals surface area contributed by atoms with E-state index >= 15 is 0 Å². The smallest absolute Gasteiger partial charge is 0.240 e. The topological polar surface area (TPSA) is 118 Å². The molecule has 1 aliphatic rings. The van der Waals surface area contributed by atoms with Gasteiger partial charge < -0.3 is 21.4 Å². The van der Waals surface area contributed by atoms with Crippen molar-refractivity contribution in [2.45, 2.75) is 31.3 Å². The highest BCUT2D eigenvalue weighted by molar-refractivity contribution is 5.89. The van der Waals surface area contributed by atoms with E-state index in [9.17, 15) is 9.59 Å². The van der Waals surface area contributed by atoms with E-state index < -0.39 is 18.0 Å². The molecule has 0 bridgehead atoms. The summed E-state index contributed by atoms with van der Waals surface area (Å²) in [6, 6.07) is -1.18. The second-order valence-corrected chi connectivity index (χ2v) is 4.48. The summed E-state index contributed by atoms with van der Waals surface area (Å²) in [5.41, 5.74) is 11.9. The molecule has 2 atom stereocenters. The molecule has 0 aromatic carbocycles. The van der Waals surface area contributed by atoms with Crippen molar-refractivity contribution in [1.82, 2.24) is 14.9 Å². The summed E-state index contributed by atoms with van der Waals surface area (Å²) in [6.07, 6.45) is 4.95. The molecule has 0 aliphatic carbocycles. The van der Waals surface area contributed by atoms with Crippen LogP contribution in [0.25, 0.3) is 0 Å². The summed E-state index contributed by atoms with van der Waals surface area (Å²) in [5.74, 6) is -0.694. The Morgan fingerprint density at radius 3 is 3.00 bits per heavy atom. The molecule has 1 aliphatic heterocycles. The van der Waals surface area contributed by atoms with Gasteiger partial charge in [-0.1, -0.05) is 0 Å². The fourth-order valence-corrected chi connectivity index (χ4v) is 2.26. The van der Waals surface area contributed by atoms with Crippen LogP contribution in [0.4, 0.5) is 0 Å². The van der Waals surface area contributed by atoms with Gasteiger partial charge in [-0.25, -0.2) is 4.98 Å². The zero-order chi connectivity index (χ0) is 13.1. The Labute approximate surface area is 105 Å². The molecule has 1 aromatic rings. The molecule has 2 heterocycles. The van der Waals surface area contributed by atoms with Crippen molar-refractivity contribution >= 4 is 11.8 Å². The van der Waals surface area contributed by atoms with Gasteiger partial charge in [0.1, 0.15) is 6.04 Å². The van der Waals surface area contributed by atoms with Crippen molar-refractivity contribution in [2.75, 3.05) is 6.54 Å². The quantitative estimate of drug-likeness (QED) is 0.620. The maximum Gasteiger partial charge on any atom is 0.240 e. The summed E-state index contributed by atoms with van der Waals surface area (Å²) < 4.78 is 0. The number of carbonyl (C=O) groups is 2. The van der Waals surface area contributed by atoms with Crippen LogP contribution in [0, 0.1) is 0 Å². The largest absolute Gasteiger partial charge is 0.368 e. The third-order valence-corrected chi connectivity index (χ3v) is 3.18. The lowest BCUT2D eigenvalue weighted by atomic mass is 10.1. The van der Waals surface area contributed by atoms with Crippen LogP contribution in [0.1, 0.15) is 18.5 Å². The molecule has 7 nitrogen and oxygen atoms in total. The Morgan fingerprint density at radius 1 is 1.61 bits per heavy atom. The van der Waals surface area contributed by atoms with Gasteiger partial charge in [0, 0.05) is 24.9 Å². The minimum Gasteiger partial charge on any atom is -0.368 e. The molecule has 2 amide bonds. The van der Waals surface area contributed by atoms with Gasteiger partial charge in [0.25, 0.3) is 0 Å². The number of amides is 2. The highest BCUT2D eigenvalue weighted by atomic mass is 16.2. The number of H-pyrrole nitrogens is 1. The maximum atomic E-state index is 12.1. The van der Waals surface area contributed by atoms with E-state index in [0.29, 0.717) is 19.4 Å². The summed E-state index contributed by atoms with van der Waals surface area (Å²) in [7, 11) is 0. The van der Waals surface area contributed by atoms with Crippen molar-refractivity contribution in [2.24, 2.45) is 11.5 Å². The zero-order valence-corrected chi connectivity index (χ0v) is 10.0. The molecule has 18 heavy (non-hydrogen) atoms. The molecular weight excluding hydrogens is 234 g/mol. The van der Waals surface area contributed by atoms with Crippen molar-refractivity contribution in [3.05, 3.63) is 18.2 Å². The molecule has 98 valence electrons. The predicted octanol–water partition coefficient (Wildman–Crippen LogP) is -1.24. The maximum absolute atomic E-state index is 12.1. The molecule has 0 unspecified atom stereocenters. The van der Waals surface area contributed by atoms with E-state index in [1.807, 2.05) is 0 Å². The summed E-state index contributed by atoms with van der Waals surface area (Å²) in [5, 5.41) is 0. The van der Waals surface area contributed by atoms with Crippen LogP contribution in [0.15, 0.2) is 12.5 Å². The molecule has 2 rings (SSSR count). The molecule has 7 heteroatoms. The van der Waals surface area contributed by atoms with Crippen LogP contribution in [-0.2, 0) is 16.0 Å². The highest BCUT2D eigenvalue weighted by Gasteiger charge is 2.34. The third-order valence-electron chi connectivity index (χ3n) is 3.18. The molecular formula is C11H17N5O2. The van der Waals surface area contributed by atoms with Gasteiger partial charge in [0.15, 0.2) is 0 Å². The van der Waals surface area contributed by atoms with Gasteiger partial charge in [-0.2, -0.15) is 0 Å². The van der Waals surface area contributed by atoms with E-state index in [2.05, 4.69) is 9.97 Å². The normalized spacial score (nSPS) is 20.9. The fraction of sp³-hybridized carbons (Fsp3) is 0.545. The number of imidazole rings is 1. The molecule has 0 radical (unpaired) electrons. The van der Waals surface area contributed by atoms with Crippen molar-refractivity contribution in [1.29, 1.82) is 0 Å². The van der Waals surface area contributed by atoms with Crippen LogP contribution in [-0.4, -0.2) is 45.3 Å². The Bertz CT molecular complexity index is 431. The van der Waals surface area contributed by atoms with E-state index in [0.717, 1.165) is 12.1 Å². The number of hydrogen-bond acceptors (Lipinski definition) is 4. The monoisotopic (exact) mass is 251 g/mol. The molecule has 0 saturated carbocycles. The fourth-order valence-electron chi connectivity index (χ4n) is 2.26. The van der Waals surface area contributed by atoms with Gasteiger partial charge in [0.05, 0.1) is 12.4 Å². The summed E-state index contributed by atoms with van der Waals surface area (Å²) >= 11 is 0. The van der Waals surface area contributed by atoms with Crippen molar-refractivity contribution in [3.8, 4) is 0 Å². The third kappa shape index (κ3) is 2.51. The van der Waals surface area contributed by atoms with Crippen LogP contribution >= 0.6 is 0 Å². The van der Waals surface area contributed by atoms with E-state index in [4.69, 9.17) is 11.5 Å². The average Bonchev–Trinajstić information content (AvgIpc) is 2.97. The number of nitrogens with zero attached hydrogens (tertiary/aromatic N) is 2. The molecule has 0 spiro atoms. The number of nitrogens with one attached hydrogen (secondary N) is 1. The number of nitrogens with two attached hydrogens (primary N) is 2. The first-order chi connectivity index (χ1) is 8.59. The number of rotatable bonds is 4. The summed E-state index contributed by atoms with van der Waals surface area (Å²) in [4.78, 5) is 31.6. The minimum absolute atomic E-state index is 0.231. The van der Waals surface area contributed by atoms with Gasteiger partial charge >= 0.3 is 0 Å². The second-order valence-electron chi connectivity index (χ2n) is 4.48. The number of likely N-dealkylation sites (tertiary alicyclic amines) is 1. The van der Waals surface area contributed by atoms with Gasteiger partial charge in [-0.3, -0.25) is 9.59 Å². The number of hydrogen-bond donors (Lipinski definition) is 3. The Balaban J connectivity index is 1.99. The molecule has 1 saturated heterocycles. The Morgan fingerprint density at radius 2 is 2.39 bits per heavy atom. The van der Waals surface area contributed by atoms with E-state index in [-0.39, 0.29) is 5.91 Å². The van der Waals surface area contributed by atoms with Crippen molar-refractivity contribution < 1.29 is 9.59 Å². The SMILES string of the molecule is NC(=O)[C@H]1CCCN1C(=O)[C@H](N)Cc1cnc[nH]1. The Hall–Kier alpha value is -1.89. The first-order valence-electron chi connectivity index (χ1n) is 5.92. The average molecular weight is 251 g/mol. The van der Waals surface area contributed by atoms with Gasteiger partial charge in [0.2, 0.25) is 11.8 Å². The van der Waals surface area contributed by atoms with E-state index in [1.54, 1.807) is 6.20 Å². The minimum atomic E-state index is -0.676. The van der Waals surface area contributed by atoms with Crippen LogP contribution < -0.4 is 11.5 Å². The second kappa shape index (κ2) is 5.18. The van der Waals surface area contributed by atoms with Crippen LogP contribution in [0.3, 0.4) is 0 Å².